The van der Waals surface area contributed by atoms with Crippen LogP contribution in [0.1, 0.15) is 15.9 Å². The Kier molecular flexibility index (Phi) is 4.66. The number of ether oxygens (including phenoxy) is 1. The fourth-order valence-corrected chi connectivity index (χ4v) is 2.74. The zero-order valence-electron chi connectivity index (χ0n) is 13.7. The second kappa shape index (κ2) is 7.04. The van der Waals surface area contributed by atoms with Gasteiger partial charge < -0.3 is 14.6 Å². The lowest BCUT2D eigenvalue weighted by Gasteiger charge is -2.21. The minimum atomic E-state index is -0.0131. The number of hydrogen-bond acceptors (Lipinski definition) is 2. The third-order valence-corrected chi connectivity index (χ3v) is 3.94. The highest BCUT2D eigenvalue weighted by molar-refractivity contribution is 5.98. The SMILES string of the molecule is C=CCN(Cc1cccc(OC)c1)C(=O)c1ccc2[nH]ccc2c1. The van der Waals surface area contributed by atoms with Gasteiger partial charge in [-0.05, 0) is 42.0 Å². The van der Waals surface area contributed by atoms with Crippen molar-refractivity contribution >= 4 is 16.8 Å². The van der Waals surface area contributed by atoms with Gasteiger partial charge in [-0.3, -0.25) is 4.79 Å². The number of rotatable bonds is 6. The molecule has 1 aromatic heterocycles. The summed E-state index contributed by atoms with van der Waals surface area (Å²) in [6, 6.07) is 15.4. The van der Waals surface area contributed by atoms with Gasteiger partial charge >= 0.3 is 0 Å². The zero-order valence-corrected chi connectivity index (χ0v) is 13.7. The number of nitrogens with zero attached hydrogens (tertiary/aromatic N) is 1. The predicted octanol–water partition coefficient (Wildman–Crippen LogP) is 4.00. The average Bonchev–Trinajstić information content (AvgIpc) is 3.08. The van der Waals surface area contributed by atoms with Crippen molar-refractivity contribution in [3.05, 3.63) is 78.5 Å². The van der Waals surface area contributed by atoms with Crippen LogP contribution < -0.4 is 4.74 Å². The molecule has 2 aromatic carbocycles. The van der Waals surface area contributed by atoms with Crippen LogP contribution >= 0.6 is 0 Å². The lowest BCUT2D eigenvalue weighted by Crippen LogP contribution is -2.30. The molecular formula is C20H20N2O2. The van der Waals surface area contributed by atoms with Gasteiger partial charge in [-0.1, -0.05) is 18.2 Å². The van der Waals surface area contributed by atoms with Gasteiger partial charge in [0.15, 0.2) is 0 Å². The van der Waals surface area contributed by atoms with Crippen molar-refractivity contribution in [1.29, 1.82) is 0 Å². The number of methoxy groups -OCH3 is 1. The molecule has 0 saturated carbocycles. The monoisotopic (exact) mass is 320 g/mol. The van der Waals surface area contributed by atoms with Gasteiger partial charge in [0.1, 0.15) is 5.75 Å². The first kappa shape index (κ1) is 15.9. The summed E-state index contributed by atoms with van der Waals surface area (Å²) in [7, 11) is 1.64. The second-order valence-electron chi connectivity index (χ2n) is 5.61. The van der Waals surface area contributed by atoms with Gasteiger partial charge in [-0.2, -0.15) is 0 Å². The molecule has 0 saturated heterocycles. The molecule has 1 N–H and O–H groups in total. The quantitative estimate of drug-likeness (QED) is 0.698. The highest BCUT2D eigenvalue weighted by Gasteiger charge is 2.16. The number of carbonyl (C=O) groups excluding carboxylic acids is 1. The summed E-state index contributed by atoms with van der Waals surface area (Å²) in [6.45, 7) is 4.76. The van der Waals surface area contributed by atoms with Gasteiger partial charge in [-0.25, -0.2) is 0 Å². The van der Waals surface area contributed by atoms with E-state index in [9.17, 15) is 4.79 Å². The molecule has 1 amide bonds. The van der Waals surface area contributed by atoms with Gasteiger partial charge in [0, 0.05) is 35.8 Å². The number of nitrogens with one attached hydrogen (secondary N) is 1. The topological polar surface area (TPSA) is 45.3 Å². The average molecular weight is 320 g/mol. The number of fused-ring (bicyclic) bond motifs is 1. The Hall–Kier alpha value is -3.01. The maximum atomic E-state index is 12.9. The van der Waals surface area contributed by atoms with Crippen molar-refractivity contribution < 1.29 is 9.53 Å². The van der Waals surface area contributed by atoms with Crippen LogP contribution in [-0.2, 0) is 6.54 Å². The zero-order chi connectivity index (χ0) is 16.9. The first-order valence-electron chi connectivity index (χ1n) is 7.81. The first-order valence-corrected chi connectivity index (χ1v) is 7.81. The Morgan fingerprint density at radius 1 is 1.25 bits per heavy atom. The summed E-state index contributed by atoms with van der Waals surface area (Å²) in [5, 5.41) is 1.03. The summed E-state index contributed by atoms with van der Waals surface area (Å²) < 4.78 is 5.25. The Morgan fingerprint density at radius 3 is 2.92 bits per heavy atom. The number of aromatic amines is 1. The van der Waals surface area contributed by atoms with Crippen LogP contribution in [-0.4, -0.2) is 29.4 Å². The number of H-pyrrole nitrogens is 1. The van der Waals surface area contributed by atoms with E-state index in [1.165, 1.54) is 0 Å². The van der Waals surface area contributed by atoms with Gasteiger partial charge in [-0.15, -0.1) is 6.58 Å². The maximum Gasteiger partial charge on any atom is 0.254 e. The third kappa shape index (κ3) is 3.33. The summed E-state index contributed by atoms with van der Waals surface area (Å²) in [5.74, 6) is 0.771. The van der Waals surface area contributed by atoms with Crippen molar-refractivity contribution in [3.8, 4) is 5.75 Å². The van der Waals surface area contributed by atoms with Crippen LogP contribution in [0.2, 0.25) is 0 Å². The molecule has 0 radical (unpaired) electrons. The van der Waals surface area contributed by atoms with Gasteiger partial charge in [0.2, 0.25) is 0 Å². The molecule has 0 atom stereocenters. The summed E-state index contributed by atoms with van der Waals surface area (Å²) in [4.78, 5) is 17.8. The van der Waals surface area contributed by atoms with Crippen molar-refractivity contribution in [2.24, 2.45) is 0 Å². The van der Waals surface area contributed by atoms with E-state index in [1.54, 1.807) is 18.1 Å². The Morgan fingerprint density at radius 2 is 2.12 bits per heavy atom. The molecule has 24 heavy (non-hydrogen) atoms. The largest absolute Gasteiger partial charge is 0.497 e. The number of benzene rings is 2. The summed E-state index contributed by atoms with van der Waals surface area (Å²) >= 11 is 0. The highest BCUT2D eigenvalue weighted by atomic mass is 16.5. The Balaban J connectivity index is 1.85. The molecule has 4 heteroatoms. The van der Waals surface area contributed by atoms with E-state index >= 15 is 0 Å². The van der Waals surface area contributed by atoms with Crippen molar-refractivity contribution in [2.45, 2.75) is 6.54 Å². The molecule has 3 aromatic rings. The molecular weight excluding hydrogens is 300 g/mol. The first-order chi connectivity index (χ1) is 11.7. The minimum absolute atomic E-state index is 0.0131. The van der Waals surface area contributed by atoms with Crippen LogP contribution in [0.3, 0.4) is 0 Å². The third-order valence-electron chi connectivity index (χ3n) is 3.94. The van der Waals surface area contributed by atoms with E-state index in [0.717, 1.165) is 22.2 Å². The molecule has 3 rings (SSSR count). The van der Waals surface area contributed by atoms with Crippen molar-refractivity contribution in [1.82, 2.24) is 9.88 Å². The van der Waals surface area contributed by atoms with E-state index in [0.29, 0.717) is 18.7 Å². The molecule has 0 bridgehead atoms. The molecule has 4 nitrogen and oxygen atoms in total. The number of aromatic nitrogens is 1. The molecule has 1 heterocycles. The van der Waals surface area contributed by atoms with Crippen LogP contribution in [0.15, 0.2) is 67.4 Å². The summed E-state index contributed by atoms with van der Waals surface area (Å²) in [5.41, 5.74) is 2.72. The highest BCUT2D eigenvalue weighted by Crippen LogP contribution is 2.18. The standard InChI is InChI=1S/C20H20N2O2/c1-3-11-22(14-15-5-4-6-18(12-15)24-2)20(23)17-7-8-19-16(13-17)9-10-21-19/h3-10,12-13,21H,1,11,14H2,2H3. The number of carbonyl (C=O) groups is 1. The molecule has 122 valence electrons. The molecule has 0 spiro atoms. The van der Waals surface area contributed by atoms with E-state index in [4.69, 9.17) is 4.74 Å². The number of amides is 1. The molecule has 0 aliphatic rings. The maximum absolute atomic E-state index is 12.9. The van der Waals surface area contributed by atoms with E-state index in [1.807, 2.05) is 54.7 Å². The Bertz CT molecular complexity index is 867. The van der Waals surface area contributed by atoms with Crippen LogP contribution in [0, 0.1) is 0 Å². The van der Waals surface area contributed by atoms with E-state index in [2.05, 4.69) is 11.6 Å². The molecule has 0 aliphatic carbocycles. The fourth-order valence-electron chi connectivity index (χ4n) is 2.74. The van der Waals surface area contributed by atoms with Crippen LogP contribution in [0.5, 0.6) is 5.75 Å². The van der Waals surface area contributed by atoms with Gasteiger partial charge in [0.05, 0.1) is 7.11 Å². The molecule has 0 aliphatic heterocycles. The lowest BCUT2D eigenvalue weighted by atomic mass is 10.1. The van der Waals surface area contributed by atoms with Crippen LogP contribution in [0.4, 0.5) is 0 Å². The van der Waals surface area contributed by atoms with E-state index < -0.39 is 0 Å². The smallest absolute Gasteiger partial charge is 0.254 e. The van der Waals surface area contributed by atoms with Crippen molar-refractivity contribution in [3.63, 3.8) is 0 Å². The van der Waals surface area contributed by atoms with Gasteiger partial charge in [0.25, 0.3) is 5.91 Å². The minimum Gasteiger partial charge on any atom is -0.497 e. The van der Waals surface area contributed by atoms with E-state index in [-0.39, 0.29) is 5.91 Å². The second-order valence-corrected chi connectivity index (χ2v) is 5.61. The van der Waals surface area contributed by atoms with Crippen LogP contribution in [0.25, 0.3) is 10.9 Å². The summed E-state index contributed by atoms with van der Waals surface area (Å²) in [6.07, 6.45) is 3.61. The predicted molar refractivity (Wildman–Crippen MR) is 96.2 cm³/mol. The molecule has 0 unspecified atom stereocenters. The normalized spacial score (nSPS) is 10.5. The fraction of sp³-hybridized carbons (Fsp3) is 0.150. The Labute approximate surface area is 141 Å². The number of hydrogen-bond donors (Lipinski definition) is 1. The molecule has 0 fully saturated rings. The lowest BCUT2D eigenvalue weighted by molar-refractivity contribution is 0.0762. The van der Waals surface area contributed by atoms with Crippen molar-refractivity contribution in [2.75, 3.05) is 13.7 Å².